The lowest BCUT2D eigenvalue weighted by Crippen LogP contribution is -2.35. The first-order valence-electron chi connectivity index (χ1n) is 9.92. The van der Waals surface area contributed by atoms with Gasteiger partial charge in [0.05, 0.1) is 10.0 Å². The maximum Gasteiger partial charge on any atom is 0.127 e. The summed E-state index contributed by atoms with van der Waals surface area (Å²) >= 11 is 18.3. The number of rotatable bonds is 6. The first-order chi connectivity index (χ1) is 14.1. The van der Waals surface area contributed by atoms with Crippen LogP contribution in [0.3, 0.4) is 0 Å². The van der Waals surface area contributed by atoms with Gasteiger partial charge >= 0.3 is 0 Å². The van der Waals surface area contributed by atoms with Gasteiger partial charge < -0.3 is 10.4 Å². The van der Waals surface area contributed by atoms with Crippen LogP contribution in [-0.4, -0.2) is 10.6 Å². The normalized spacial score (nSPS) is 11.7. The van der Waals surface area contributed by atoms with Crippen LogP contribution in [0.2, 0.25) is 15.1 Å². The van der Waals surface area contributed by atoms with Crippen molar-refractivity contribution in [1.82, 2.24) is 5.32 Å². The van der Waals surface area contributed by atoms with Gasteiger partial charge in [0.2, 0.25) is 0 Å². The minimum absolute atomic E-state index is 0.0600. The van der Waals surface area contributed by atoms with Crippen LogP contribution in [0.25, 0.3) is 11.1 Å². The van der Waals surface area contributed by atoms with Gasteiger partial charge in [0, 0.05) is 28.2 Å². The Morgan fingerprint density at radius 1 is 0.800 bits per heavy atom. The Kier molecular flexibility index (Phi) is 7.36. The van der Waals surface area contributed by atoms with Crippen LogP contribution in [0.15, 0.2) is 54.6 Å². The fourth-order valence-corrected chi connectivity index (χ4v) is 3.65. The van der Waals surface area contributed by atoms with E-state index in [0.717, 1.165) is 40.1 Å². The standard InChI is InChI=1S/C25H26Cl3NO/c1-25(2,3)29-15-19-12-17(5-4-16-6-9-20(26)10-7-16)13-21(24(19)30)18-8-11-22(27)23(28)14-18/h6-14,29-30H,4-5,15H2,1-3H3. The Bertz CT molecular complexity index is 1020. The SMILES string of the molecule is CC(C)(C)NCc1cc(CCc2ccc(Cl)cc2)cc(-c2ccc(Cl)c(Cl)c2)c1O. The lowest BCUT2D eigenvalue weighted by Gasteiger charge is -2.22. The highest BCUT2D eigenvalue weighted by Crippen LogP contribution is 2.37. The predicted molar refractivity (Wildman–Crippen MR) is 129 cm³/mol. The molecule has 0 aliphatic rings. The third-order valence-electron chi connectivity index (χ3n) is 4.90. The van der Waals surface area contributed by atoms with Gasteiger partial charge in [-0.2, -0.15) is 0 Å². The van der Waals surface area contributed by atoms with Gasteiger partial charge in [-0.15, -0.1) is 0 Å². The van der Waals surface area contributed by atoms with E-state index in [0.29, 0.717) is 16.6 Å². The number of aromatic hydroxyl groups is 1. The Balaban J connectivity index is 1.96. The zero-order chi connectivity index (χ0) is 21.9. The summed E-state index contributed by atoms with van der Waals surface area (Å²) in [6, 6.07) is 17.5. The second-order valence-electron chi connectivity index (χ2n) is 8.51. The molecule has 0 fully saturated rings. The van der Waals surface area contributed by atoms with Gasteiger partial charge in [-0.3, -0.25) is 0 Å². The van der Waals surface area contributed by atoms with E-state index >= 15 is 0 Å². The number of hydrogen-bond acceptors (Lipinski definition) is 2. The topological polar surface area (TPSA) is 32.3 Å². The predicted octanol–water partition coefficient (Wildman–Crippen LogP) is 7.69. The summed E-state index contributed by atoms with van der Waals surface area (Å²) in [5.41, 5.74) is 4.77. The van der Waals surface area contributed by atoms with E-state index < -0.39 is 0 Å². The highest BCUT2D eigenvalue weighted by Gasteiger charge is 2.16. The highest BCUT2D eigenvalue weighted by atomic mass is 35.5. The molecule has 0 bridgehead atoms. The van der Waals surface area contributed by atoms with Crippen molar-refractivity contribution >= 4 is 34.8 Å². The number of aryl methyl sites for hydroxylation is 2. The van der Waals surface area contributed by atoms with Crippen molar-refractivity contribution < 1.29 is 5.11 Å². The van der Waals surface area contributed by atoms with Crippen LogP contribution in [-0.2, 0) is 19.4 Å². The van der Waals surface area contributed by atoms with Gasteiger partial charge in [0.25, 0.3) is 0 Å². The minimum Gasteiger partial charge on any atom is -0.507 e. The first kappa shape index (κ1) is 23.0. The highest BCUT2D eigenvalue weighted by molar-refractivity contribution is 6.42. The number of benzene rings is 3. The third kappa shape index (κ3) is 6.15. The van der Waals surface area contributed by atoms with Crippen molar-refractivity contribution in [3.8, 4) is 16.9 Å². The van der Waals surface area contributed by atoms with Crippen molar-refractivity contribution in [3.63, 3.8) is 0 Å². The molecule has 0 saturated heterocycles. The van der Waals surface area contributed by atoms with Gasteiger partial charge in [-0.25, -0.2) is 0 Å². The van der Waals surface area contributed by atoms with Crippen molar-refractivity contribution in [1.29, 1.82) is 0 Å². The second kappa shape index (κ2) is 9.62. The van der Waals surface area contributed by atoms with Crippen LogP contribution >= 0.6 is 34.8 Å². The van der Waals surface area contributed by atoms with Gasteiger partial charge in [-0.05, 0) is 80.6 Å². The minimum atomic E-state index is -0.0600. The van der Waals surface area contributed by atoms with Gasteiger partial charge in [-0.1, -0.05) is 59.1 Å². The molecule has 30 heavy (non-hydrogen) atoms. The zero-order valence-corrected chi connectivity index (χ0v) is 19.7. The van der Waals surface area contributed by atoms with Crippen LogP contribution in [0.4, 0.5) is 0 Å². The van der Waals surface area contributed by atoms with Crippen molar-refractivity contribution in [2.75, 3.05) is 0 Å². The van der Waals surface area contributed by atoms with Crippen molar-refractivity contribution in [3.05, 3.63) is 86.4 Å². The second-order valence-corrected chi connectivity index (χ2v) is 9.76. The van der Waals surface area contributed by atoms with E-state index in [-0.39, 0.29) is 11.3 Å². The summed E-state index contributed by atoms with van der Waals surface area (Å²) in [7, 11) is 0. The van der Waals surface area contributed by atoms with E-state index in [4.69, 9.17) is 34.8 Å². The molecule has 3 aromatic carbocycles. The Hall–Kier alpha value is -1.71. The summed E-state index contributed by atoms with van der Waals surface area (Å²) in [6.07, 6.45) is 1.73. The van der Waals surface area contributed by atoms with E-state index in [9.17, 15) is 5.11 Å². The molecule has 0 heterocycles. The molecule has 0 aliphatic heterocycles. The maximum absolute atomic E-state index is 11.0. The lowest BCUT2D eigenvalue weighted by atomic mass is 9.94. The summed E-state index contributed by atoms with van der Waals surface area (Å²) in [6.45, 7) is 6.88. The molecule has 2 N–H and O–H groups in total. The lowest BCUT2D eigenvalue weighted by molar-refractivity contribution is 0.412. The molecule has 5 heteroatoms. The van der Waals surface area contributed by atoms with E-state index in [1.54, 1.807) is 12.1 Å². The average molecular weight is 463 g/mol. The number of nitrogens with one attached hydrogen (secondary N) is 1. The monoisotopic (exact) mass is 461 g/mol. The summed E-state index contributed by atoms with van der Waals surface area (Å²) in [4.78, 5) is 0. The molecule has 0 aliphatic carbocycles. The van der Waals surface area contributed by atoms with Crippen LogP contribution < -0.4 is 5.32 Å². The smallest absolute Gasteiger partial charge is 0.127 e. The largest absolute Gasteiger partial charge is 0.507 e. The van der Waals surface area contributed by atoms with E-state index in [2.05, 4.69) is 32.2 Å². The van der Waals surface area contributed by atoms with Crippen molar-refractivity contribution in [2.24, 2.45) is 0 Å². The van der Waals surface area contributed by atoms with Crippen LogP contribution in [0, 0.1) is 0 Å². The van der Waals surface area contributed by atoms with Gasteiger partial charge in [0.1, 0.15) is 5.75 Å². The molecule has 3 aromatic rings. The average Bonchev–Trinajstić information content (AvgIpc) is 2.69. The molecule has 0 spiro atoms. The Morgan fingerprint density at radius 2 is 1.47 bits per heavy atom. The van der Waals surface area contributed by atoms with Gasteiger partial charge in [0.15, 0.2) is 0 Å². The fraction of sp³-hybridized carbons (Fsp3) is 0.280. The van der Waals surface area contributed by atoms with E-state index in [1.165, 1.54) is 5.56 Å². The summed E-state index contributed by atoms with van der Waals surface area (Å²) < 4.78 is 0. The first-order valence-corrected chi connectivity index (χ1v) is 11.1. The number of phenols is 1. The maximum atomic E-state index is 11.0. The number of hydrogen-bond donors (Lipinski definition) is 2. The molecular formula is C25H26Cl3NO. The molecule has 0 aromatic heterocycles. The molecule has 158 valence electrons. The molecule has 3 rings (SSSR count). The number of phenolic OH excluding ortho intramolecular Hbond substituents is 1. The van der Waals surface area contributed by atoms with Crippen molar-refractivity contribution in [2.45, 2.75) is 45.7 Å². The molecule has 0 atom stereocenters. The van der Waals surface area contributed by atoms with E-state index in [1.807, 2.05) is 36.4 Å². The molecule has 0 saturated carbocycles. The molecular weight excluding hydrogens is 437 g/mol. The summed E-state index contributed by atoms with van der Waals surface area (Å²) in [5, 5.41) is 16.2. The molecule has 0 unspecified atom stereocenters. The molecule has 0 amide bonds. The van der Waals surface area contributed by atoms with Crippen LogP contribution in [0.5, 0.6) is 5.75 Å². The fourth-order valence-electron chi connectivity index (χ4n) is 3.22. The Labute approximate surface area is 193 Å². The zero-order valence-electron chi connectivity index (χ0n) is 17.4. The third-order valence-corrected chi connectivity index (χ3v) is 5.90. The molecule has 2 nitrogen and oxygen atoms in total. The molecule has 0 radical (unpaired) electrons. The number of halogens is 3. The Morgan fingerprint density at radius 3 is 2.10 bits per heavy atom. The van der Waals surface area contributed by atoms with Crippen LogP contribution in [0.1, 0.15) is 37.5 Å². The summed E-state index contributed by atoms with van der Waals surface area (Å²) in [5.74, 6) is 0.264. The quantitative estimate of drug-likeness (QED) is 0.393.